The summed E-state index contributed by atoms with van der Waals surface area (Å²) < 4.78 is 6.35. The predicted octanol–water partition coefficient (Wildman–Crippen LogP) is 3.06. The van der Waals surface area contributed by atoms with Crippen LogP contribution < -0.4 is 10.1 Å². The first kappa shape index (κ1) is 20.1. The van der Waals surface area contributed by atoms with Crippen LogP contribution in [0.1, 0.15) is 51.1 Å². The Morgan fingerprint density at radius 1 is 1.10 bits per heavy atom. The molecule has 2 aliphatic rings. The largest absolute Gasteiger partial charge is 0.486 e. The molecule has 0 bridgehead atoms. The minimum atomic E-state index is -0.547. The van der Waals surface area contributed by atoms with Gasteiger partial charge in [-0.3, -0.25) is 14.4 Å². The van der Waals surface area contributed by atoms with E-state index in [2.05, 4.69) is 5.32 Å². The van der Waals surface area contributed by atoms with Crippen molar-refractivity contribution in [2.75, 3.05) is 19.6 Å². The van der Waals surface area contributed by atoms with Crippen molar-refractivity contribution < 1.29 is 19.1 Å². The molecule has 2 aromatic carbocycles. The van der Waals surface area contributed by atoms with Gasteiger partial charge in [-0.05, 0) is 43.2 Å². The Morgan fingerprint density at radius 2 is 1.80 bits per heavy atom. The molecule has 0 radical (unpaired) electrons. The maximum Gasteiger partial charge on any atom is 0.251 e. The maximum absolute atomic E-state index is 12.8. The molecule has 0 aliphatic carbocycles. The van der Waals surface area contributed by atoms with E-state index in [9.17, 15) is 14.4 Å². The Labute approximate surface area is 176 Å². The van der Waals surface area contributed by atoms with Gasteiger partial charge < -0.3 is 15.0 Å². The molecule has 2 heterocycles. The molecule has 1 saturated heterocycles. The van der Waals surface area contributed by atoms with Crippen molar-refractivity contribution in [1.82, 2.24) is 10.2 Å². The van der Waals surface area contributed by atoms with E-state index >= 15 is 0 Å². The number of benzene rings is 2. The molecule has 0 aromatic heterocycles. The van der Waals surface area contributed by atoms with Crippen LogP contribution in [0.4, 0.5) is 0 Å². The molecule has 1 fully saturated rings. The highest BCUT2D eigenvalue weighted by molar-refractivity contribution is 6.02. The monoisotopic (exact) mass is 406 g/mol. The van der Waals surface area contributed by atoms with E-state index in [0.29, 0.717) is 49.2 Å². The van der Waals surface area contributed by atoms with E-state index in [1.165, 1.54) is 0 Å². The molecular weight excluding hydrogens is 380 g/mol. The Hall–Kier alpha value is -3.15. The second kappa shape index (κ2) is 7.94. The van der Waals surface area contributed by atoms with Crippen LogP contribution in [0.25, 0.3) is 0 Å². The van der Waals surface area contributed by atoms with Gasteiger partial charge in [-0.15, -0.1) is 0 Å². The number of hydrogen-bond acceptors (Lipinski definition) is 4. The van der Waals surface area contributed by atoms with E-state index in [-0.39, 0.29) is 24.1 Å². The molecule has 156 valence electrons. The summed E-state index contributed by atoms with van der Waals surface area (Å²) in [5, 5.41) is 2.68. The smallest absolute Gasteiger partial charge is 0.251 e. The summed E-state index contributed by atoms with van der Waals surface area (Å²) in [5.41, 5.74) is 2.69. The van der Waals surface area contributed by atoms with Crippen LogP contribution in [0.2, 0.25) is 0 Å². The zero-order valence-corrected chi connectivity index (χ0v) is 17.4. The maximum atomic E-state index is 12.8. The van der Waals surface area contributed by atoms with Gasteiger partial charge in [-0.1, -0.05) is 24.3 Å². The lowest BCUT2D eigenvalue weighted by molar-refractivity contribution is -0.133. The first-order valence-electron chi connectivity index (χ1n) is 10.3. The molecule has 1 N–H and O–H groups in total. The fourth-order valence-electron chi connectivity index (χ4n) is 4.42. The third kappa shape index (κ3) is 3.95. The molecule has 2 aliphatic heterocycles. The number of fused-ring (bicyclic) bond motifs is 1. The van der Waals surface area contributed by atoms with Crippen molar-refractivity contribution in [3.05, 3.63) is 64.7 Å². The lowest BCUT2D eigenvalue weighted by Crippen LogP contribution is -2.53. The fourth-order valence-corrected chi connectivity index (χ4v) is 4.42. The van der Waals surface area contributed by atoms with Crippen LogP contribution in [0.3, 0.4) is 0 Å². The zero-order valence-electron chi connectivity index (χ0n) is 17.4. The third-order valence-electron chi connectivity index (χ3n) is 6.00. The summed E-state index contributed by atoms with van der Waals surface area (Å²) in [7, 11) is 0. The number of carbonyl (C=O) groups excluding carboxylic acids is 3. The minimum absolute atomic E-state index is 0.0399. The normalized spacial score (nSPS) is 17.3. The second-order valence-corrected chi connectivity index (χ2v) is 8.27. The molecule has 6 heteroatoms. The van der Waals surface area contributed by atoms with Crippen molar-refractivity contribution in [2.45, 2.75) is 38.7 Å². The number of hydrogen-bond donors (Lipinski definition) is 1. The van der Waals surface area contributed by atoms with Crippen molar-refractivity contribution in [3.63, 3.8) is 0 Å². The van der Waals surface area contributed by atoms with Crippen LogP contribution in [-0.4, -0.2) is 47.7 Å². The second-order valence-electron chi connectivity index (χ2n) is 8.27. The summed E-state index contributed by atoms with van der Waals surface area (Å²) >= 11 is 0. The van der Waals surface area contributed by atoms with Crippen LogP contribution in [-0.2, 0) is 4.79 Å². The number of nitrogens with zero attached hydrogens (tertiary/aromatic N) is 1. The lowest BCUT2D eigenvalue weighted by Gasteiger charge is -2.44. The molecule has 0 saturated carbocycles. The molecule has 2 aromatic rings. The lowest BCUT2D eigenvalue weighted by atomic mass is 9.81. The van der Waals surface area contributed by atoms with Gasteiger partial charge in [-0.25, -0.2) is 0 Å². The number of aryl methyl sites for hydroxylation is 2. The highest BCUT2D eigenvalue weighted by Gasteiger charge is 2.44. The number of rotatable bonds is 3. The van der Waals surface area contributed by atoms with E-state index in [1.807, 2.05) is 32.0 Å². The number of carbonyl (C=O) groups is 3. The fraction of sp³-hybridized carbons (Fsp3) is 0.375. The number of ketones is 1. The van der Waals surface area contributed by atoms with Crippen LogP contribution >= 0.6 is 0 Å². The zero-order chi connectivity index (χ0) is 21.3. The van der Waals surface area contributed by atoms with Gasteiger partial charge in [0.25, 0.3) is 5.91 Å². The van der Waals surface area contributed by atoms with E-state index in [4.69, 9.17) is 4.74 Å². The molecule has 2 amide bonds. The Kier molecular flexibility index (Phi) is 5.33. The average molecular weight is 406 g/mol. The predicted molar refractivity (Wildman–Crippen MR) is 113 cm³/mol. The number of nitrogens with one attached hydrogen (secondary N) is 1. The van der Waals surface area contributed by atoms with Crippen molar-refractivity contribution in [2.24, 2.45) is 0 Å². The molecule has 0 unspecified atom stereocenters. The molecule has 0 atom stereocenters. The Balaban J connectivity index is 1.36. The topological polar surface area (TPSA) is 75.7 Å². The molecule has 1 spiro atoms. The molecule has 30 heavy (non-hydrogen) atoms. The highest BCUT2D eigenvalue weighted by Crippen LogP contribution is 2.41. The Bertz CT molecular complexity index is 992. The first-order valence-corrected chi connectivity index (χ1v) is 10.3. The Morgan fingerprint density at radius 3 is 2.50 bits per heavy atom. The number of ether oxygens (including phenoxy) is 1. The van der Waals surface area contributed by atoms with Gasteiger partial charge >= 0.3 is 0 Å². The number of likely N-dealkylation sites (tertiary alicyclic amines) is 1. The van der Waals surface area contributed by atoms with Gasteiger partial charge in [-0.2, -0.15) is 0 Å². The summed E-state index contributed by atoms with van der Waals surface area (Å²) in [6, 6.07) is 12.8. The van der Waals surface area contributed by atoms with Crippen LogP contribution in [0.5, 0.6) is 5.75 Å². The standard InChI is InChI=1S/C24H26N2O4/c1-16-12-17(2)22-19(27)14-24(30-20(22)13-16)8-10-26(11-9-24)21(28)15-25-23(29)18-6-4-3-5-7-18/h3-7,12-13H,8-11,14-15H2,1-2H3,(H,25,29). The summed E-state index contributed by atoms with van der Waals surface area (Å²) in [6.45, 7) is 4.91. The quantitative estimate of drug-likeness (QED) is 0.850. The van der Waals surface area contributed by atoms with Gasteiger partial charge in [0, 0.05) is 31.5 Å². The molecule has 4 rings (SSSR count). The van der Waals surface area contributed by atoms with Crippen LogP contribution in [0.15, 0.2) is 42.5 Å². The molecular formula is C24H26N2O4. The van der Waals surface area contributed by atoms with Crippen molar-refractivity contribution in [3.8, 4) is 5.75 Å². The first-order chi connectivity index (χ1) is 14.4. The van der Waals surface area contributed by atoms with Gasteiger partial charge in [0.1, 0.15) is 11.4 Å². The SMILES string of the molecule is Cc1cc(C)c2c(c1)OC1(CCN(C(=O)CNC(=O)c3ccccc3)CC1)CC2=O. The van der Waals surface area contributed by atoms with E-state index in [1.54, 1.807) is 29.2 Å². The van der Waals surface area contributed by atoms with E-state index < -0.39 is 5.60 Å². The average Bonchev–Trinajstić information content (AvgIpc) is 2.72. The highest BCUT2D eigenvalue weighted by atomic mass is 16.5. The van der Waals surface area contributed by atoms with Crippen molar-refractivity contribution in [1.29, 1.82) is 0 Å². The number of piperidine rings is 1. The third-order valence-corrected chi connectivity index (χ3v) is 6.00. The summed E-state index contributed by atoms with van der Waals surface area (Å²) in [5.74, 6) is 0.395. The van der Waals surface area contributed by atoms with Gasteiger partial charge in [0.05, 0.1) is 18.5 Å². The summed E-state index contributed by atoms with van der Waals surface area (Å²) in [6.07, 6.45) is 1.55. The molecule has 6 nitrogen and oxygen atoms in total. The summed E-state index contributed by atoms with van der Waals surface area (Å²) in [4.78, 5) is 39.3. The number of Topliss-reactive ketones (excluding diaryl/α,β-unsaturated/α-hetero) is 1. The van der Waals surface area contributed by atoms with Gasteiger partial charge in [0.15, 0.2) is 5.78 Å². The minimum Gasteiger partial charge on any atom is -0.486 e. The van der Waals surface area contributed by atoms with E-state index in [0.717, 1.165) is 11.1 Å². The van der Waals surface area contributed by atoms with Crippen LogP contribution in [0, 0.1) is 13.8 Å². The van der Waals surface area contributed by atoms with Gasteiger partial charge in [0.2, 0.25) is 5.91 Å². The number of amides is 2. The van der Waals surface area contributed by atoms with Crippen molar-refractivity contribution >= 4 is 17.6 Å².